The molecule has 1 aromatic rings. The topological polar surface area (TPSA) is 35.2 Å². The standard InChI is InChI=1S/C12H17NO/c1-10-4-2-3-5-11(10)12(8-13)6-7-14-9-12/h2-5H,6-9,13H2,1H3. The third-order valence-electron chi connectivity index (χ3n) is 3.21. The van der Waals surface area contributed by atoms with Crippen LogP contribution in [-0.4, -0.2) is 19.8 Å². The molecule has 2 nitrogen and oxygen atoms in total. The van der Waals surface area contributed by atoms with Crippen molar-refractivity contribution < 1.29 is 4.74 Å². The molecule has 1 heterocycles. The summed E-state index contributed by atoms with van der Waals surface area (Å²) in [7, 11) is 0. The fraction of sp³-hybridized carbons (Fsp3) is 0.500. The maximum atomic E-state index is 5.89. The van der Waals surface area contributed by atoms with E-state index in [4.69, 9.17) is 10.5 Å². The van der Waals surface area contributed by atoms with E-state index < -0.39 is 0 Å². The van der Waals surface area contributed by atoms with Gasteiger partial charge < -0.3 is 10.5 Å². The minimum atomic E-state index is 0.0747. The zero-order valence-corrected chi connectivity index (χ0v) is 8.62. The van der Waals surface area contributed by atoms with Crippen molar-refractivity contribution in [2.24, 2.45) is 5.73 Å². The smallest absolute Gasteiger partial charge is 0.0576 e. The minimum Gasteiger partial charge on any atom is -0.380 e. The van der Waals surface area contributed by atoms with Crippen LogP contribution in [-0.2, 0) is 10.2 Å². The molecule has 0 bridgehead atoms. The first-order valence-electron chi connectivity index (χ1n) is 5.12. The van der Waals surface area contributed by atoms with Gasteiger partial charge in [-0.05, 0) is 24.5 Å². The predicted molar refractivity (Wildman–Crippen MR) is 57.3 cm³/mol. The van der Waals surface area contributed by atoms with Gasteiger partial charge in [-0.25, -0.2) is 0 Å². The van der Waals surface area contributed by atoms with Crippen LogP contribution in [0.15, 0.2) is 24.3 Å². The summed E-state index contributed by atoms with van der Waals surface area (Å²) in [6.45, 7) is 4.43. The lowest BCUT2D eigenvalue weighted by Gasteiger charge is -2.27. The average molecular weight is 191 g/mol. The van der Waals surface area contributed by atoms with Gasteiger partial charge >= 0.3 is 0 Å². The summed E-state index contributed by atoms with van der Waals surface area (Å²) in [5.41, 5.74) is 8.65. The number of hydrogen-bond acceptors (Lipinski definition) is 2. The van der Waals surface area contributed by atoms with Gasteiger partial charge in [-0.1, -0.05) is 24.3 Å². The lowest BCUT2D eigenvalue weighted by Crippen LogP contribution is -2.36. The number of nitrogens with two attached hydrogens (primary N) is 1. The molecule has 0 aliphatic carbocycles. The van der Waals surface area contributed by atoms with Crippen LogP contribution in [0.4, 0.5) is 0 Å². The van der Waals surface area contributed by atoms with Crippen molar-refractivity contribution in [2.45, 2.75) is 18.8 Å². The summed E-state index contributed by atoms with van der Waals surface area (Å²) >= 11 is 0. The van der Waals surface area contributed by atoms with Crippen LogP contribution in [0, 0.1) is 6.92 Å². The van der Waals surface area contributed by atoms with Crippen LogP contribution in [0.3, 0.4) is 0 Å². The van der Waals surface area contributed by atoms with Crippen molar-refractivity contribution in [1.82, 2.24) is 0 Å². The minimum absolute atomic E-state index is 0.0747. The van der Waals surface area contributed by atoms with E-state index in [0.717, 1.165) is 19.6 Å². The molecule has 0 saturated carbocycles. The van der Waals surface area contributed by atoms with E-state index in [9.17, 15) is 0 Å². The summed E-state index contributed by atoms with van der Waals surface area (Å²) in [5, 5.41) is 0. The molecule has 0 spiro atoms. The lowest BCUT2D eigenvalue weighted by molar-refractivity contribution is 0.178. The molecule has 2 N–H and O–H groups in total. The quantitative estimate of drug-likeness (QED) is 0.770. The van der Waals surface area contributed by atoms with Crippen LogP contribution in [0.25, 0.3) is 0 Å². The van der Waals surface area contributed by atoms with Gasteiger partial charge in [0.1, 0.15) is 0 Å². The van der Waals surface area contributed by atoms with Crippen molar-refractivity contribution >= 4 is 0 Å². The Hall–Kier alpha value is -0.860. The Morgan fingerprint density at radius 3 is 2.79 bits per heavy atom. The predicted octanol–water partition coefficient (Wildman–Crippen LogP) is 1.61. The summed E-state index contributed by atoms with van der Waals surface area (Å²) in [4.78, 5) is 0. The number of hydrogen-bond donors (Lipinski definition) is 1. The molecule has 1 atom stereocenters. The molecule has 0 amide bonds. The SMILES string of the molecule is Cc1ccccc1C1(CN)CCOC1. The van der Waals surface area contributed by atoms with Gasteiger partial charge in [0.15, 0.2) is 0 Å². The van der Waals surface area contributed by atoms with E-state index in [0.29, 0.717) is 6.54 Å². The highest BCUT2D eigenvalue weighted by Crippen LogP contribution is 2.33. The average Bonchev–Trinajstić information content (AvgIpc) is 2.68. The van der Waals surface area contributed by atoms with E-state index in [2.05, 4.69) is 31.2 Å². The van der Waals surface area contributed by atoms with E-state index >= 15 is 0 Å². The zero-order chi connectivity index (χ0) is 10.0. The fourth-order valence-corrected chi connectivity index (χ4v) is 2.26. The van der Waals surface area contributed by atoms with Crippen LogP contribution < -0.4 is 5.73 Å². The molecule has 0 aromatic heterocycles. The molecule has 2 rings (SSSR count). The second-order valence-electron chi connectivity index (χ2n) is 4.10. The summed E-state index contributed by atoms with van der Waals surface area (Å²) in [5.74, 6) is 0. The molecule has 76 valence electrons. The van der Waals surface area contributed by atoms with Gasteiger partial charge in [0, 0.05) is 18.6 Å². The Bertz CT molecular complexity index is 316. The van der Waals surface area contributed by atoms with E-state index in [1.165, 1.54) is 11.1 Å². The van der Waals surface area contributed by atoms with Crippen molar-refractivity contribution in [1.29, 1.82) is 0 Å². The van der Waals surface area contributed by atoms with Crippen molar-refractivity contribution in [3.8, 4) is 0 Å². The summed E-state index contributed by atoms with van der Waals surface area (Å²) < 4.78 is 5.48. The highest BCUT2D eigenvalue weighted by molar-refractivity contribution is 5.34. The number of rotatable bonds is 2. The Kier molecular flexibility index (Phi) is 2.57. The van der Waals surface area contributed by atoms with Crippen molar-refractivity contribution in [3.63, 3.8) is 0 Å². The fourth-order valence-electron chi connectivity index (χ4n) is 2.26. The molecular weight excluding hydrogens is 174 g/mol. The van der Waals surface area contributed by atoms with Crippen molar-refractivity contribution in [2.75, 3.05) is 19.8 Å². The van der Waals surface area contributed by atoms with E-state index in [1.807, 2.05) is 0 Å². The largest absolute Gasteiger partial charge is 0.380 e. The molecule has 1 saturated heterocycles. The van der Waals surface area contributed by atoms with Crippen LogP contribution in [0.2, 0.25) is 0 Å². The Labute approximate surface area is 85.1 Å². The second-order valence-corrected chi connectivity index (χ2v) is 4.10. The van der Waals surface area contributed by atoms with Gasteiger partial charge in [0.05, 0.1) is 6.61 Å². The molecule has 14 heavy (non-hydrogen) atoms. The first-order valence-corrected chi connectivity index (χ1v) is 5.12. The molecule has 1 fully saturated rings. The third kappa shape index (κ3) is 1.45. The number of ether oxygens (including phenoxy) is 1. The van der Waals surface area contributed by atoms with Crippen LogP contribution >= 0.6 is 0 Å². The normalized spacial score (nSPS) is 26.7. The van der Waals surface area contributed by atoms with Gasteiger partial charge in [-0.3, -0.25) is 0 Å². The van der Waals surface area contributed by atoms with Crippen molar-refractivity contribution in [3.05, 3.63) is 35.4 Å². The Balaban J connectivity index is 2.41. The van der Waals surface area contributed by atoms with Gasteiger partial charge in [-0.15, -0.1) is 0 Å². The molecule has 1 unspecified atom stereocenters. The molecule has 1 aliphatic rings. The van der Waals surface area contributed by atoms with E-state index in [-0.39, 0.29) is 5.41 Å². The number of benzene rings is 1. The van der Waals surface area contributed by atoms with Gasteiger partial charge in [0.2, 0.25) is 0 Å². The highest BCUT2D eigenvalue weighted by atomic mass is 16.5. The highest BCUT2D eigenvalue weighted by Gasteiger charge is 2.36. The summed E-state index contributed by atoms with van der Waals surface area (Å²) in [6.07, 6.45) is 1.05. The Morgan fingerprint density at radius 2 is 2.21 bits per heavy atom. The molecular formula is C12H17NO. The van der Waals surface area contributed by atoms with E-state index in [1.54, 1.807) is 0 Å². The molecule has 0 radical (unpaired) electrons. The number of aryl methyl sites for hydroxylation is 1. The maximum Gasteiger partial charge on any atom is 0.0576 e. The Morgan fingerprint density at radius 1 is 1.43 bits per heavy atom. The third-order valence-corrected chi connectivity index (χ3v) is 3.21. The first kappa shape index (κ1) is 9.69. The second kappa shape index (κ2) is 3.71. The summed E-state index contributed by atoms with van der Waals surface area (Å²) in [6, 6.07) is 8.47. The molecule has 2 heteroatoms. The monoisotopic (exact) mass is 191 g/mol. The van der Waals surface area contributed by atoms with Gasteiger partial charge in [0.25, 0.3) is 0 Å². The molecule has 1 aliphatic heterocycles. The lowest BCUT2D eigenvalue weighted by atomic mass is 9.78. The molecule has 1 aromatic carbocycles. The van der Waals surface area contributed by atoms with Crippen LogP contribution in [0.5, 0.6) is 0 Å². The first-order chi connectivity index (χ1) is 6.78. The van der Waals surface area contributed by atoms with Gasteiger partial charge in [-0.2, -0.15) is 0 Å². The zero-order valence-electron chi connectivity index (χ0n) is 8.62. The maximum absolute atomic E-state index is 5.89. The van der Waals surface area contributed by atoms with Crippen LogP contribution in [0.1, 0.15) is 17.5 Å².